The number of carbonyl (C=O) groups excluding carboxylic acids is 2. The van der Waals surface area contributed by atoms with E-state index < -0.39 is 0 Å². The van der Waals surface area contributed by atoms with Gasteiger partial charge in [-0.15, -0.1) is 0 Å². The van der Waals surface area contributed by atoms with E-state index in [1.54, 1.807) is 0 Å². The lowest BCUT2D eigenvalue weighted by molar-refractivity contribution is -0.119. The van der Waals surface area contributed by atoms with Crippen LogP contribution in [0.2, 0.25) is 0 Å². The molecule has 4 heterocycles. The molecule has 2 aromatic carbocycles. The molecule has 1 unspecified atom stereocenters. The lowest BCUT2D eigenvalue weighted by Gasteiger charge is -2.26. The van der Waals surface area contributed by atoms with Gasteiger partial charge in [0.05, 0.1) is 16.8 Å². The molecule has 2 N–H and O–H groups in total. The number of amides is 2. The van der Waals surface area contributed by atoms with Crippen LogP contribution in [0, 0.1) is 5.92 Å². The van der Waals surface area contributed by atoms with E-state index in [-0.39, 0.29) is 11.8 Å². The van der Waals surface area contributed by atoms with Gasteiger partial charge in [-0.1, -0.05) is 36.4 Å². The van der Waals surface area contributed by atoms with Gasteiger partial charge in [-0.05, 0) is 37.4 Å². The number of nitrogens with zero attached hydrogens (tertiary/aromatic N) is 3. The quantitative estimate of drug-likeness (QED) is 0.511. The summed E-state index contributed by atoms with van der Waals surface area (Å²) in [6.45, 7) is 1.45. The van der Waals surface area contributed by atoms with Crippen LogP contribution in [0.15, 0.2) is 60.8 Å². The van der Waals surface area contributed by atoms with Gasteiger partial charge in [0, 0.05) is 53.4 Å². The number of anilines is 1. The van der Waals surface area contributed by atoms with E-state index in [0.29, 0.717) is 18.0 Å². The normalized spacial score (nSPS) is 18.6. The van der Waals surface area contributed by atoms with Gasteiger partial charge >= 0.3 is 0 Å². The molecule has 2 amide bonds. The highest BCUT2D eigenvalue weighted by atomic mass is 16.2. The summed E-state index contributed by atoms with van der Waals surface area (Å²) >= 11 is 0. The highest BCUT2D eigenvalue weighted by molar-refractivity contribution is 6.45. The monoisotopic (exact) mass is 424 g/mol. The third-order valence-corrected chi connectivity index (χ3v) is 6.95. The number of para-hydroxylation sites is 2. The second-order valence-corrected chi connectivity index (χ2v) is 8.77. The average molecular weight is 425 g/mol. The van der Waals surface area contributed by atoms with Crippen LogP contribution < -0.4 is 10.6 Å². The number of benzene rings is 2. The molecule has 6 heteroatoms. The van der Waals surface area contributed by atoms with Crippen LogP contribution in [0.25, 0.3) is 27.4 Å². The third-order valence-electron chi connectivity index (χ3n) is 6.95. The molecule has 6 nitrogen and oxygen atoms in total. The summed E-state index contributed by atoms with van der Waals surface area (Å²) in [6.07, 6.45) is 5.19. The zero-order valence-corrected chi connectivity index (χ0v) is 17.9. The van der Waals surface area contributed by atoms with Crippen LogP contribution in [0.5, 0.6) is 0 Å². The number of hydrogen-bond donors (Lipinski definition) is 1. The number of rotatable bonds is 3. The molecule has 0 saturated heterocycles. The predicted octanol–water partition coefficient (Wildman–Crippen LogP) is 3.61. The maximum atomic E-state index is 13.7. The molecule has 0 fully saturated rings. The Bertz CT molecular complexity index is 1460. The van der Waals surface area contributed by atoms with E-state index in [1.807, 2.05) is 60.3 Å². The first kappa shape index (κ1) is 19.1. The van der Waals surface area contributed by atoms with Gasteiger partial charge in [0.1, 0.15) is 0 Å². The highest BCUT2D eigenvalue weighted by Gasteiger charge is 2.38. The summed E-state index contributed by atoms with van der Waals surface area (Å²) in [7, 11) is 1.96. The minimum atomic E-state index is -0.280. The Kier molecular flexibility index (Phi) is 4.13. The molecule has 0 spiro atoms. The van der Waals surface area contributed by atoms with Crippen molar-refractivity contribution in [2.45, 2.75) is 19.4 Å². The molecular formula is C26H24N4O2. The number of hydrogen-bond acceptors (Lipinski definition) is 3. The van der Waals surface area contributed by atoms with Gasteiger partial charge in [-0.2, -0.15) is 0 Å². The first-order chi connectivity index (χ1) is 15.6. The molecule has 0 aliphatic carbocycles. The Labute approximate surface area is 185 Å². The van der Waals surface area contributed by atoms with Gasteiger partial charge in [0.2, 0.25) is 0 Å². The van der Waals surface area contributed by atoms with Crippen LogP contribution >= 0.6 is 0 Å². The van der Waals surface area contributed by atoms with Crippen molar-refractivity contribution in [3.05, 3.63) is 72.1 Å². The summed E-state index contributed by atoms with van der Waals surface area (Å²) in [5.41, 5.74) is 11.1. The third kappa shape index (κ3) is 2.56. The Hall–Kier alpha value is -3.64. The Morgan fingerprint density at radius 2 is 1.72 bits per heavy atom. The van der Waals surface area contributed by atoms with Crippen LogP contribution in [0.1, 0.15) is 17.7 Å². The summed E-state index contributed by atoms with van der Waals surface area (Å²) in [4.78, 5) is 28.4. The number of fused-ring (bicyclic) bond motifs is 4. The summed E-state index contributed by atoms with van der Waals surface area (Å²) in [5.74, 6) is -0.134. The van der Waals surface area contributed by atoms with E-state index >= 15 is 0 Å². The first-order valence-electron chi connectivity index (χ1n) is 11.0. The van der Waals surface area contributed by atoms with Gasteiger partial charge in [-0.25, -0.2) is 4.90 Å². The minimum absolute atomic E-state index is 0.258. The summed E-state index contributed by atoms with van der Waals surface area (Å²) in [6, 6.07) is 16.0. The maximum Gasteiger partial charge on any atom is 0.266 e. The van der Waals surface area contributed by atoms with Crippen LogP contribution in [0.4, 0.5) is 5.69 Å². The second kappa shape index (κ2) is 6.93. The predicted molar refractivity (Wildman–Crippen MR) is 126 cm³/mol. The fourth-order valence-corrected chi connectivity index (χ4v) is 5.36. The molecule has 0 saturated carbocycles. The molecule has 4 aromatic rings. The Balaban J connectivity index is 1.50. The SMILES string of the molecule is Cn1cc(C2=CC(=O)N(c3c4n(c5ccccc35)CC(CN)CC4)C2=O)c2ccccc21. The molecule has 2 aromatic heterocycles. The number of imide groups is 1. The number of carbonyl (C=O) groups is 2. The smallest absolute Gasteiger partial charge is 0.266 e. The lowest BCUT2D eigenvalue weighted by atomic mass is 9.97. The zero-order valence-electron chi connectivity index (χ0n) is 17.9. The zero-order chi connectivity index (χ0) is 22.0. The van der Waals surface area contributed by atoms with Crippen molar-refractivity contribution in [3.8, 4) is 0 Å². The summed E-state index contributed by atoms with van der Waals surface area (Å²) in [5, 5.41) is 1.91. The minimum Gasteiger partial charge on any atom is -0.350 e. The lowest BCUT2D eigenvalue weighted by Crippen LogP contribution is -2.33. The Morgan fingerprint density at radius 3 is 2.50 bits per heavy atom. The molecule has 0 bridgehead atoms. The van der Waals surface area contributed by atoms with Gasteiger partial charge in [0.25, 0.3) is 11.8 Å². The fourth-order valence-electron chi connectivity index (χ4n) is 5.36. The van der Waals surface area contributed by atoms with Crippen molar-refractivity contribution in [1.29, 1.82) is 0 Å². The standard InChI is InChI=1S/C26H24N4O2/c1-28-15-20(17-6-2-4-8-21(17)28)19-12-24(31)30(26(19)32)25-18-7-3-5-9-22(18)29-14-16(13-27)10-11-23(25)29/h2-9,12,15-16H,10-11,13-14,27H2,1H3. The van der Waals surface area contributed by atoms with Gasteiger partial charge in [0.15, 0.2) is 0 Å². The largest absolute Gasteiger partial charge is 0.350 e. The molecule has 32 heavy (non-hydrogen) atoms. The molecule has 1 atom stereocenters. The molecule has 2 aliphatic heterocycles. The maximum absolute atomic E-state index is 13.7. The van der Waals surface area contributed by atoms with Crippen LogP contribution in [-0.2, 0) is 29.6 Å². The Morgan fingerprint density at radius 1 is 1.00 bits per heavy atom. The van der Waals surface area contributed by atoms with Gasteiger partial charge < -0.3 is 14.9 Å². The first-order valence-corrected chi connectivity index (χ1v) is 11.0. The van der Waals surface area contributed by atoms with E-state index in [1.165, 1.54) is 11.0 Å². The van der Waals surface area contributed by atoms with Crippen LogP contribution in [0.3, 0.4) is 0 Å². The average Bonchev–Trinajstić information content (AvgIpc) is 3.42. The molecule has 0 radical (unpaired) electrons. The molecule has 6 rings (SSSR count). The topological polar surface area (TPSA) is 73.3 Å². The van der Waals surface area contributed by atoms with Crippen LogP contribution in [-0.4, -0.2) is 27.5 Å². The second-order valence-electron chi connectivity index (χ2n) is 8.77. The number of aryl methyl sites for hydroxylation is 1. The fraction of sp³-hybridized carbons (Fsp3) is 0.231. The van der Waals surface area contributed by atoms with E-state index in [4.69, 9.17) is 5.73 Å². The van der Waals surface area contributed by atoms with E-state index in [2.05, 4.69) is 10.6 Å². The van der Waals surface area contributed by atoms with Crippen molar-refractivity contribution in [2.24, 2.45) is 18.7 Å². The van der Waals surface area contributed by atoms with Crippen molar-refractivity contribution < 1.29 is 9.59 Å². The highest BCUT2D eigenvalue weighted by Crippen LogP contribution is 2.42. The van der Waals surface area contributed by atoms with E-state index in [9.17, 15) is 9.59 Å². The molecular weight excluding hydrogens is 400 g/mol. The van der Waals surface area contributed by atoms with Crippen molar-refractivity contribution in [2.75, 3.05) is 11.4 Å². The summed E-state index contributed by atoms with van der Waals surface area (Å²) < 4.78 is 4.25. The van der Waals surface area contributed by atoms with Gasteiger partial charge in [-0.3, -0.25) is 9.59 Å². The van der Waals surface area contributed by atoms with Crippen molar-refractivity contribution in [3.63, 3.8) is 0 Å². The van der Waals surface area contributed by atoms with Crippen molar-refractivity contribution in [1.82, 2.24) is 9.13 Å². The number of aromatic nitrogens is 2. The molecule has 2 aliphatic rings. The van der Waals surface area contributed by atoms with Crippen molar-refractivity contribution >= 4 is 44.9 Å². The number of nitrogens with two attached hydrogens (primary N) is 1. The van der Waals surface area contributed by atoms with E-state index in [0.717, 1.165) is 58.1 Å². The molecule has 160 valence electrons.